The Morgan fingerprint density at radius 3 is 2.62 bits per heavy atom. The van der Waals surface area contributed by atoms with Crippen molar-refractivity contribution in [3.05, 3.63) is 84.4 Å². The predicted octanol–water partition coefficient (Wildman–Crippen LogP) is 5.43. The predicted molar refractivity (Wildman–Crippen MR) is 128 cm³/mol. The second-order valence-corrected chi connectivity index (χ2v) is 10.1. The van der Waals surface area contributed by atoms with Gasteiger partial charge in [-0.2, -0.15) is 9.61 Å². The van der Waals surface area contributed by atoms with E-state index in [0.29, 0.717) is 5.41 Å². The van der Waals surface area contributed by atoms with Crippen LogP contribution in [0.4, 0.5) is 0 Å². The third-order valence-electron chi connectivity index (χ3n) is 6.92. The van der Waals surface area contributed by atoms with Crippen molar-refractivity contribution in [2.45, 2.75) is 44.6 Å². The molecule has 6 rings (SSSR count). The number of allylic oxidation sites excluding steroid dienone is 2. The largest absolute Gasteiger partial charge is 0.321 e. The highest BCUT2D eigenvalue weighted by molar-refractivity contribution is 5.84. The molecule has 3 aromatic heterocycles. The Hall–Kier alpha value is -3.31. The quantitative estimate of drug-likeness (QED) is 0.479. The minimum Gasteiger partial charge on any atom is -0.321 e. The first kappa shape index (κ1) is 19.4. The smallest absolute Gasteiger partial charge is 0.164 e. The first-order valence-electron chi connectivity index (χ1n) is 11.3. The molecular formula is C27H27N5. The maximum Gasteiger partial charge on any atom is 0.164 e. The molecular weight excluding hydrogens is 394 g/mol. The second kappa shape index (κ2) is 6.84. The van der Waals surface area contributed by atoms with Gasteiger partial charge in [-0.25, -0.2) is 9.97 Å². The third kappa shape index (κ3) is 3.07. The highest BCUT2D eigenvalue weighted by atomic mass is 15.3. The lowest BCUT2D eigenvalue weighted by Gasteiger charge is -2.52. The Bertz CT molecular complexity index is 1390. The van der Waals surface area contributed by atoms with Gasteiger partial charge in [0.05, 0.1) is 11.9 Å². The van der Waals surface area contributed by atoms with Crippen LogP contribution < -0.4 is 5.73 Å². The molecule has 3 heterocycles. The van der Waals surface area contributed by atoms with Crippen LogP contribution in [-0.4, -0.2) is 25.1 Å². The topological polar surface area (TPSA) is 69.1 Å². The van der Waals surface area contributed by atoms with E-state index >= 15 is 0 Å². The van der Waals surface area contributed by atoms with Gasteiger partial charge in [-0.05, 0) is 41.9 Å². The molecule has 1 saturated carbocycles. The second-order valence-electron chi connectivity index (χ2n) is 10.1. The standard InChI is InChI=1S/C27H27N5/c1-26(2)16-27(28,17-26)21-10-8-19(9-11-21)24-22(18-6-4-3-5-7-18)14-20-15-29-23-12-13-30-32(23)25(20)31-24/h3-8,10-15,19H,9,16-17,28H2,1-2H3. The highest BCUT2D eigenvalue weighted by Crippen LogP contribution is 2.51. The van der Waals surface area contributed by atoms with Crippen LogP contribution in [0, 0.1) is 5.41 Å². The Morgan fingerprint density at radius 1 is 1.09 bits per heavy atom. The number of nitrogens with zero attached hydrogens (tertiary/aromatic N) is 4. The van der Waals surface area contributed by atoms with Crippen LogP contribution in [0.2, 0.25) is 0 Å². The number of nitrogens with two attached hydrogens (primary N) is 1. The monoisotopic (exact) mass is 421 g/mol. The van der Waals surface area contributed by atoms with Crippen molar-refractivity contribution >= 4 is 16.7 Å². The molecule has 1 fully saturated rings. The van der Waals surface area contributed by atoms with E-state index in [9.17, 15) is 0 Å². The number of pyridine rings is 1. The van der Waals surface area contributed by atoms with Crippen LogP contribution in [0.15, 0.2) is 78.7 Å². The van der Waals surface area contributed by atoms with Crippen LogP contribution >= 0.6 is 0 Å². The van der Waals surface area contributed by atoms with Crippen molar-refractivity contribution in [3.63, 3.8) is 0 Å². The fourth-order valence-corrected chi connectivity index (χ4v) is 5.67. The molecule has 0 radical (unpaired) electrons. The zero-order valence-corrected chi connectivity index (χ0v) is 18.5. The fourth-order valence-electron chi connectivity index (χ4n) is 5.67. The summed E-state index contributed by atoms with van der Waals surface area (Å²) >= 11 is 0. The van der Waals surface area contributed by atoms with Gasteiger partial charge in [0.1, 0.15) is 0 Å². The molecule has 1 atom stereocenters. The Balaban J connectivity index is 1.44. The van der Waals surface area contributed by atoms with Crippen molar-refractivity contribution in [2.75, 3.05) is 0 Å². The van der Waals surface area contributed by atoms with E-state index < -0.39 is 0 Å². The molecule has 2 aliphatic rings. The van der Waals surface area contributed by atoms with Gasteiger partial charge in [0.25, 0.3) is 0 Å². The maximum absolute atomic E-state index is 6.73. The minimum absolute atomic E-state index is 0.184. The van der Waals surface area contributed by atoms with Crippen LogP contribution in [0.25, 0.3) is 27.8 Å². The summed E-state index contributed by atoms with van der Waals surface area (Å²) in [6, 6.07) is 14.6. The average Bonchev–Trinajstić information content (AvgIpc) is 3.27. The van der Waals surface area contributed by atoms with Crippen LogP contribution in [0.3, 0.4) is 0 Å². The van der Waals surface area contributed by atoms with Gasteiger partial charge >= 0.3 is 0 Å². The van der Waals surface area contributed by atoms with Gasteiger partial charge in [0.15, 0.2) is 11.3 Å². The summed E-state index contributed by atoms with van der Waals surface area (Å²) in [5.41, 5.74) is 13.2. The van der Waals surface area contributed by atoms with E-state index in [1.165, 1.54) is 5.57 Å². The van der Waals surface area contributed by atoms with Crippen molar-refractivity contribution in [1.29, 1.82) is 0 Å². The Morgan fingerprint density at radius 2 is 1.91 bits per heavy atom. The summed E-state index contributed by atoms with van der Waals surface area (Å²) < 4.78 is 1.83. The summed E-state index contributed by atoms with van der Waals surface area (Å²) in [6.07, 6.45) is 13.5. The van der Waals surface area contributed by atoms with Crippen LogP contribution in [0.5, 0.6) is 0 Å². The molecule has 1 unspecified atom stereocenters. The first-order chi connectivity index (χ1) is 15.4. The lowest BCUT2D eigenvalue weighted by molar-refractivity contribution is 0.0935. The fraction of sp³-hybridized carbons (Fsp3) is 0.296. The van der Waals surface area contributed by atoms with Crippen molar-refractivity contribution in [3.8, 4) is 11.1 Å². The number of hydrogen-bond donors (Lipinski definition) is 1. The van der Waals surface area contributed by atoms with Gasteiger partial charge < -0.3 is 5.73 Å². The molecule has 160 valence electrons. The molecule has 1 aromatic carbocycles. The maximum atomic E-state index is 6.73. The van der Waals surface area contributed by atoms with Gasteiger partial charge in [0, 0.05) is 34.7 Å². The van der Waals surface area contributed by atoms with E-state index in [1.54, 1.807) is 6.20 Å². The van der Waals surface area contributed by atoms with E-state index in [2.05, 4.69) is 72.5 Å². The summed E-state index contributed by atoms with van der Waals surface area (Å²) in [4.78, 5) is 9.70. The zero-order valence-electron chi connectivity index (χ0n) is 18.5. The molecule has 5 nitrogen and oxygen atoms in total. The van der Waals surface area contributed by atoms with E-state index in [0.717, 1.165) is 52.8 Å². The van der Waals surface area contributed by atoms with Gasteiger partial charge in [-0.15, -0.1) is 0 Å². The SMILES string of the molecule is CC1(C)CC(N)(C2=CCC(c3nc4c(cnc5ccnn54)cc3-c3ccccc3)C=C2)C1. The van der Waals surface area contributed by atoms with Crippen LogP contribution in [-0.2, 0) is 0 Å². The van der Waals surface area contributed by atoms with Crippen LogP contribution in [0.1, 0.15) is 44.7 Å². The molecule has 0 spiro atoms. The van der Waals surface area contributed by atoms with Crippen molar-refractivity contribution < 1.29 is 0 Å². The van der Waals surface area contributed by atoms with Gasteiger partial charge in [-0.1, -0.05) is 62.4 Å². The van der Waals surface area contributed by atoms with Crippen molar-refractivity contribution in [1.82, 2.24) is 19.6 Å². The van der Waals surface area contributed by atoms with Gasteiger partial charge in [-0.3, -0.25) is 0 Å². The molecule has 0 amide bonds. The first-order valence-corrected chi connectivity index (χ1v) is 11.3. The summed E-state index contributed by atoms with van der Waals surface area (Å²) in [7, 11) is 0. The zero-order chi connectivity index (χ0) is 21.9. The summed E-state index contributed by atoms with van der Waals surface area (Å²) in [5, 5.41) is 5.44. The molecule has 0 saturated heterocycles. The number of hydrogen-bond acceptors (Lipinski definition) is 4. The third-order valence-corrected chi connectivity index (χ3v) is 6.92. The Kier molecular flexibility index (Phi) is 4.14. The molecule has 2 aliphatic carbocycles. The molecule has 32 heavy (non-hydrogen) atoms. The molecule has 0 bridgehead atoms. The lowest BCUT2D eigenvalue weighted by Crippen LogP contribution is -2.57. The normalized spacial score (nSPS) is 21.5. The van der Waals surface area contributed by atoms with Gasteiger partial charge in [0.2, 0.25) is 0 Å². The van der Waals surface area contributed by atoms with E-state index in [-0.39, 0.29) is 11.5 Å². The van der Waals surface area contributed by atoms with E-state index in [1.807, 2.05) is 22.8 Å². The minimum atomic E-state index is -0.184. The van der Waals surface area contributed by atoms with Crippen molar-refractivity contribution in [2.24, 2.45) is 11.1 Å². The van der Waals surface area contributed by atoms with E-state index in [4.69, 9.17) is 10.7 Å². The number of aromatic nitrogens is 4. The molecule has 0 aliphatic heterocycles. The average molecular weight is 422 g/mol. The number of fused-ring (bicyclic) bond motifs is 3. The lowest BCUT2D eigenvalue weighted by atomic mass is 9.56. The summed E-state index contributed by atoms with van der Waals surface area (Å²) in [6.45, 7) is 4.59. The molecule has 4 aromatic rings. The molecule has 5 heteroatoms. The number of benzene rings is 1. The Labute approximate surface area is 187 Å². The number of rotatable bonds is 3. The molecule has 2 N–H and O–H groups in total. The summed E-state index contributed by atoms with van der Waals surface area (Å²) in [5.74, 6) is 0.189. The highest BCUT2D eigenvalue weighted by Gasteiger charge is 2.48.